The molecule has 0 aliphatic heterocycles. The minimum Gasteiger partial charge on any atom is -0.395 e. The van der Waals surface area contributed by atoms with Crippen molar-refractivity contribution in [3.8, 4) is 0 Å². The molecule has 1 aromatic rings. The third-order valence-corrected chi connectivity index (χ3v) is 4.24. The standard InChI is InChI=1S/C12H18ClN3O2S/c1-4-5-16-12(18)11(13)9(6-14-16)15-8(2)10(7-17)19-3/h4,6,8,10,15,17H,1,5,7H2,2-3H3. The molecular formula is C12H18ClN3O2S. The summed E-state index contributed by atoms with van der Waals surface area (Å²) in [4.78, 5) is 11.9. The van der Waals surface area contributed by atoms with Gasteiger partial charge in [0, 0.05) is 11.3 Å². The number of hydrogen-bond donors (Lipinski definition) is 2. The monoisotopic (exact) mass is 303 g/mol. The van der Waals surface area contributed by atoms with Crippen molar-refractivity contribution in [2.75, 3.05) is 18.2 Å². The fourth-order valence-electron chi connectivity index (χ4n) is 1.59. The lowest BCUT2D eigenvalue weighted by molar-refractivity contribution is 0.288. The Morgan fingerprint density at radius 2 is 2.42 bits per heavy atom. The van der Waals surface area contributed by atoms with Crippen LogP contribution in [0.3, 0.4) is 0 Å². The number of aliphatic hydroxyl groups is 1. The smallest absolute Gasteiger partial charge is 0.287 e. The van der Waals surface area contributed by atoms with Gasteiger partial charge in [0.2, 0.25) is 0 Å². The van der Waals surface area contributed by atoms with Crippen molar-refractivity contribution in [1.82, 2.24) is 9.78 Å². The first kappa shape index (κ1) is 16.1. The first-order valence-corrected chi connectivity index (χ1v) is 7.48. The van der Waals surface area contributed by atoms with E-state index < -0.39 is 0 Å². The molecular weight excluding hydrogens is 286 g/mol. The van der Waals surface area contributed by atoms with Gasteiger partial charge in [0.25, 0.3) is 5.56 Å². The van der Waals surface area contributed by atoms with Crippen molar-refractivity contribution in [1.29, 1.82) is 0 Å². The Kier molecular flexibility index (Phi) is 6.41. The molecule has 0 aromatic carbocycles. The van der Waals surface area contributed by atoms with Crippen molar-refractivity contribution in [3.05, 3.63) is 34.2 Å². The molecule has 0 saturated heterocycles. The van der Waals surface area contributed by atoms with Crippen LogP contribution in [0.1, 0.15) is 6.92 Å². The summed E-state index contributed by atoms with van der Waals surface area (Å²) in [5.74, 6) is 0. The zero-order valence-corrected chi connectivity index (χ0v) is 12.5. The maximum Gasteiger partial charge on any atom is 0.287 e. The summed E-state index contributed by atoms with van der Waals surface area (Å²) in [6, 6.07) is -0.0334. The van der Waals surface area contributed by atoms with E-state index in [1.165, 1.54) is 10.9 Å². The predicted molar refractivity (Wildman–Crippen MR) is 81.2 cm³/mol. The zero-order chi connectivity index (χ0) is 14.4. The van der Waals surface area contributed by atoms with Crippen LogP contribution < -0.4 is 10.9 Å². The Hall–Kier alpha value is -0.980. The summed E-state index contributed by atoms with van der Waals surface area (Å²) in [6.45, 7) is 5.84. The van der Waals surface area contributed by atoms with Crippen LogP contribution in [-0.2, 0) is 6.54 Å². The van der Waals surface area contributed by atoms with Gasteiger partial charge in [0.1, 0.15) is 5.02 Å². The van der Waals surface area contributed by atoms with Crippen molar-refractivity contribution >= 4 is 29.1 Å². The number of halogens is 1. The van der Waals surface area contributed by atoms with Crippen LogP contribution >= 0.6 is 23.4 Å². The molecule has 1 rings (SSSR count). The molecule has 0 spiro atoms. The van der Waals surface area contributed by atoms with Crippen LogP contribution in [0.25, 0.3) is 0 Å². The Morgan fingerprint density at radius 3 is 2.95 bits per heavy atom. The van der Waals surface area contributed by atoms with E-state index in [4.69, 9.17) is 11.6 Å². The number of nitrogens with one attached hydrogen (secondary N) is 1. The molecule has 2 N–H and O–H groups in total. The fraction of sp³-hybridized carbons (Fsp3) is 0.500. The lowest BCUT2D eigenvalue weighted by Crippen LogP contribution is -2.32. The van der Waals surface area contributed by atoms with Gasteiger partial charge in [-0.1, -0.05) is 17.7 Å². The number of allylic oxidation sites excluding steroid dienone is 1. The van der Waals surface area contributed by atoms with Crippen LogP contribution in [0, 0.1) is 0 Å². The topological polar surface area (TPSA) is 67.2 Å². The average Bonchev–Trinajstić information content (AvgIpc) is 2.40. The molecule has 0 fully saturated rings. The van der Waals surface area contributed by atoms with E-state index in [1.54, 1.807) is 17.8 Å². The number of hydrogen-bond acceptors (Lipinski definition) is 5. The molecule has 0 aliphatic carbocycles. The van der Waals surface area contributed by atoms with Crippen molar-refractivity contribution in [2.45, 2.75) is 24.8 Å². The Morgan fingerprint density at radius 1 is 1.74 bits per heavy atom. The van der Waals surface area contributed by atoms with E-state index >= 15 is 0 Å². The minimum absolute atomic E-state index is 0.0201. The number of thioether (sulfide) groups is 1. The highest BCUT2D eigenvalue weighted by molar-refractivity contribution is 7.99. The van der Waals surface area contributed by atoms with Crippen LogP contribution in [0.4, 0.5) is 5.69 Å². The van der Waals surface area contributed by atoms with Crippen LogP contribution in [0.5, 0.6) is 0 Å². The first-order chi connectivity index (χ1) is 9.04. The van der Waals surface area contributed by atoms with Gasteiger partial charge in [0.15, 0.2) is 0 Å². The van der Waals surface area contributed by atoms with Crippen LogP contribution in [0.2, 0.25) is 5.02 Å². The molecule has 0 radical (unpaired) electrons. The second-order valence-electron chi connectivity index (χ2n) is 4.04. The quantitative estimate of drug-likeness (QED) is 0.749. The number of anilines is 1. The van der Waals surface area contributed by atoms with Gasteiger partial charge in [0.05, 0.1) is 25.0 Å². The lowest BCUT2D eigenvalue weighted by Gasteiger charge is -2.22. The fourth-order valence-corrected chi connectivity index (χ4v) is 2.42. The van der Waals surface area contributed by atoms with Gasteiger partial charge in [-0.2, -0.15) is 16.9 Å². The molecule has 1 aromatic heterocycles. The molecule has 0 saturated carbocycles. The maximum absolute atomic E-state index is 11.9. The molecule has 7 heteroatoms. The summed E-state index contributed by atoms with van der Waals surface area (Å²) in [5, 5.41) is 16.5. The third kappa shape index (κ3) is 3.99. The molecule has 2 unspecified atom stereocenters. The summed E-state index contributed by atoms with van der Waals surface area (Å²) < 4.78 is 1.24. The minimum atomic E-state index is -0.358. The molecule has 1 heterocycles. The zero-order valence-electron chi connectivity index (χ0n) is 11.0. The van der Waals surface area contributed by atoms with E-state index in [9.17, 15) is 9.90 Å². The van der Waals surface area contributed by atoms with Crippen molar-refractivity contribution in [2.24, 2.45) is 0 Å². The van der Waals surface area contributed by atoms with Gasteiger partial charge < -0.3 is 10.4 Å². The summed E-state index contributed by atoms with van der Waals surface area (Å²) in [5.41, 5.74) is 0.121. The highest BCUT2D eigenvalue weighted by Crippen LogP contribution is 2.20. The Bertz CT molecular complexity index is 488. The summed E-state index contributed by atoms with van der Waals surface area (Å²) >= 11 is 7.58. The molecule has 19 heavy (non-hydrogen) atoms. The second kappa shape index (κ2) is 7.57. The number of nitrogens with zero attached hydrogens (tertiary/aromatic N) is 2. The summed E-state index contributed by atoms with van der Waals surface area (Å²) in [6.07, 6.45) is 5.01. The van der Waals surface area contributed by atoms with E-state index in [2.05, 4.69) is 17.0 Å². The largest absolute Gasteiger partial charge is 0.395 e. The van der Waals surface area contributed by atoms with Crippen LogP contribution in [0.15, 0.2) is 23.6 Å². The number of rotatable bonds is 7. The highest BCUT2D eigenvalue weighted by atomic mass is 35.5. The second-order valence-corrected chi connectivity index (χ2v) is 5.49. The predicted octanol–water partition coefficient (Wildman–Crippen LogP) is 1.61. The molecule has 0 amide bonds. The van der Waals surface area contributed by atoms with Crippen molar-refractivity contribution in [3.63, 3.8) is 0 Å². The van der Waals surface area contributed by atoms with Gasteiger partial charge in [-0.3, -0.25) is 4.79 Å². The molecule has 0 bridgehead atoms. The molecule has 0 aliphatic rings. The van der Waals surface area contributed by atoms with Gasteiger partial charge in [-0.15, -0.1) is 6.58 Å². The first-order valence-electron chi connectivity index (χ1n) is 5.81. The lowest BCUT2D eigenvalue weighted by atomic mass is 10.2. The SMILES string of the molecule is C=CCn1ncc(NC(C)C(CO)SC)c(Cl)c1=O. The van der Waals surface area contributed by atoms with Gasteiger partial charge >= 0.3 is 0 Å². The van der Waals surface area contributed by atoms with Crippen LogP contribution in [-0.4, -0.2) is 39.0 Å². The average molecular weight is 304 g/mol. The number of aliphatic hydroxyl groups excluding tert-OH is 1. The van der Waals surface area contributed by atoms with E-state index in [0.717, 1.165) is 0 Å². The Balaban J connectivity index is 2.94. The molecule has 5 nitrogen and oxygen atoms in total. The van der Waals surface area contributed by atoms with E-state index in [1.807, 2.05) is 13.2 Å². The van der Waals surface area contributed by atoms with Gasteiger partial charge in [-0.25, -0.2) is 4.68 Å². The van der Waals surface area contributed by atoms with Crippen molar-refractivity contribution < 1.29 is 5.11 Å². The van der Waals surface area contributed by atoms with E-state index in [0.29, 0.717) is 12.2 Å². The third-order valence-electron chi connectivity index (χ3n) is 2.71. The summed E-state index contributed by atoms with van der Waals surface area (Å²) in [7, 11) is 0. The maximum atomic E-state index is 11.9. The molecule has 2 atom stereocenters. The normalized spacial score (nSPS) is 13.9. The Labute approximate surface area is 121 Å². The number of aromatic nitrogens is 2. The highest BCUT2D eigenvalue weighted by Gasteiger charge is 2.17. The van der Waals surface area contributed by atoms with Gasteiger partial charge in [-0.05, 0) is 13.2 Å². The molecule has 106 valence electrons. The van der Waals surface area contributed by atoms with E-state index in [-0.39, 0.29) is 28.5 Å².